The SMILES string of the molecule is CCC(F)C(=O)NCC(=O)OC. The molecule has 70 valence electrons. The van der Waals surface area contributed by atoms with Crippen molar-refractivity contribution in [2.45, 2.75) is 19.5 Å². The third-order valence-electron chi connectivity index (χ3n) is 1.28. The molecule has 12 heavy (non-hydrogen) atoms. The van der Waals surface area contributed by atoms with Gasteiger partial charge in [-0.2, -0.15) is 0 Å². The predicted octanol–water partition coefficient (Wildman–Crippen LogP) is 0.0237. The standard InChI is InChI=1S/C7H12FNO3/c1-3-5(8)7(11)9-4-6(10)12-2/h5H,3-4H2,1-2H3,(H,9,11). The van der Waals surface area contributed by atoms with Gasteiger partial charge in [0.15, 0.2) is 6.17 Å². The summed E-state index contributed by atoms with van der Waals surface area (Å²) in [6, 6.07) is 0. The number of alkyl halides is 1. The molecular formula is C7H12FNO3. The first-order valence-electron chi connectivity index (χ1n) is 3.60. The summed E-state index contributed by atoms with van der Waals surface area (Å²) in [6.07, 6.45) is -1.44. The van der Waals surface area contributed by atoms with E-state index in [0.29, 0.717) is 0 Å². The van der Waals surface area contributed by atoms with E-state index in [1.54, 1.807) is 6.92 Å². The molecule has 0 aliphatic carbocycles. The number of ether oxygens (including phenoxy) is 1. The van der Waals surface area contributed by atoms with E-state index in [1.807, 2.05) is 0 Å². The summed E-state index contributed by atoms with van der Waals surface area (Å²) in [5.74, 6) is -1.37. The zero-order chi connectivity index (χ0) is 9.56. The highest BCUT2D eigenvalue weighted by Crippen LogP contribution is 1.95. The quantitative estimate of drug-likeness (QED) is 0.616. The third-order valence-corrected chi connectivity index (χ3v) is 1.28. The second kappa shape index (κ2) is 5.51. The number of hydrogen-bond donors (Lipinski definition) is 1. The van der Waals surface area contributed by atoms with Crippen molar-refractivity contribution >= 4 is 11.9 Å². The molecule has 0 saturated carbocycles. The van der Waals surface area contributed by atoms with Crippen LogP contribution in [0.25, 0.3) is 0 Å². The van der Waals surface area contributed by atoms with Gasteiger partial charge in [0.25, 0.3) is 5.91 Å². The van der Waals surface area contributed by atoms with Crippen LogP contribution in [0.1, 0.15) is 13.3 Å². The van der Waals surface area contributed by atoms with Crippen molar-refractivity contribution in [3.63, 3.8) is 0 Å². The molecule has 4 nitrogen and oxygen atoms in total. The van der Waals surface area contributed by atoms with E-state index < -0.39 is 18.0 Å². The molecule has 0 aliphatic rings. The van der Waals surface area contributed by atoms with Gasteiger partial charge in [0.2, 0.25) is 0 Å². The molecule has 0 saturated heterocycles. The van der Waals surface area contributed by atoms with Gasteiger partial charge in [0, 0.05) is 0 Å². The van der Waals surface area contributed by atoms with Crippen molar-refractivity contribution < 1.29 is 18.7 Å². The van der Waals surface area contributed by atoms with Crippen molar-refractivity contribution in [3.05, 3.63) is 0 Å². The number of amides is 1. The number of rotatable bonds is 4. The lowest BCUT2D eigenvalue weighted by Gasteiger charge is -2.05. The van der Waals surface area contributed by atoms with Crippen LogP contribution in [0.3, 0.4) is 0 Å². The largest absolute Gasteiger partial charge is 0.468 e. The Hall–Kier alpha value is -1.13. The Bertz CT molecular complexity index is 172. The Morgan fingerprint density at radius 3 is 2.58 bits per heavy atom. The summed E-state index contributed by atoms with van der Waals surface area (Å²) in [4.78, 5) is 21.2. The minimum atomic E-state index is -1.55. The highest BCUT2D eigenvalue weighted by molar-refractivity contribution is 5.84. The van der Waals surface area contributed by atoms with Gasteiger partial charge >= 0.3 is 5.97 Å². The molecule has 0 rings (SSSR count). The van der Waals surface area contributed by atoms with Gasteiger partial charge in [-0.25, -0.2) is 4.39 Å². The highest BCUT2D eigenvalue weighted by Gasteiger charge is 2.14. The minimum absolute atomic E-state index is 0.104. The molecule has 1 N–H and O–H groups in total. The van der Waals surface area contributed by atoms with E-state index in [4.69, 9.17) is 0 Å². The van der Waals surface area contributed by atoms with E-state index in [2.05, 4.69) is 10.1 Å². The fourth-order valence-electron chi connectivity index (χ4n) is 0.528. The average Bonchev–Trinajstić information content (AvgIpc) is 2.11. The van der Waals surface area contributed by atoms with Crippen molar-refractivity contribution in [1.29, 1.82) is 0 Å². The fourth-order valence-corrected chi connectivity index (χ4v) is 0.528. The molecule has 0 aromatic heterocycles. The lowest BCUT2D eigenvalue weighted by Crippen LogP contribution is -2.35. The molecule has 0 spiro atoms. The number of carbonyl (C=O) groups excluding carboxylic acids is 2. The number of esters is 1. The Kier molecular flexibility index (Phi) is 4.99. The molecular weight excluding hydrogens is 165 g/mol. The zero-order valence-electron chi connectivity index (χ0n) is 7.09. The second-order valence-corrected chi connectivity index (χ2v) is 2.17. The van der Waals surface area contributed by atoms with Crippen molar-refractivity contribution in [3.8, 4) is 0 Å². The van der Waals surface area contributed by atoms with Crippen LogP contribution in [0.5, 0.6) is 0 Å². The van der Waals surface area contributed by atoms with Gasteiger partial charge in [-0.1, -0.05) is 6.92 Å². The van der Waals surface area contributed by atoms with Crippen LogP contribution in [-0.4, -0.2) is 31.7 Å². The maximum absolute atomic E-state index is 12.5. The highest BCUT2D eigenvalue weighted by atomic mass is 19.1. The molecule has 1 atom stereocenters. The van der Waals surface area contributed by atoms with E-state index in [-0.39, 0.29) is 13.0 Å². The molecule has 0 fully saturated rings. The predicted molar refractivity (Wildman–Crippen MR) is 40.2 cm³/mol. The van der Waals surface area contributed by atoms with Crippen LogP contribution >= 0.6 is 0 Å². The van der Waals surface area contributed by atoms with Gasteiger partial charge in [-0.05, 0) is 6.42 Å². The summed E-state index contributed by atoms with van der Waals surface area (Å²) >= 11 is 0. The van der Waals surface area contributed by atoms with Gasteiger partial charge < -0.3 is 10.1 Å². The monoisotopic (exact) mass is 177 g/mol. The molecule has 0 radical (unpaired) electrons. The van der Waals surface area contributed by atoms with Gasteiger partial charge in [-0.3, -0.25) is 9.59 Å². The zero-order valence-corrected chi connectivity index (χ0v) is 7.09. The van der Waals surface area contributed by atoms with E-state index in [1.165, 1.54) is 7.11 Å². The molecule has 5 heteroatoms. The summed E-state index contributed by atoms with van der Waals surface area (Å²) in [7, 11) is 1.20. The van der Waals surface area contributed by atoms with E-state index in [9.17, 15) is 14.0 Å². The first-order valence-corrected chi connectivity index (χ1v) is 3.60. The Morgan fingerprint density at radius 1 is 1.58 bits per heavy atom. The molecule has 1 amide bonds. The number of carbonyl (C=O) groups is 2. The summed E-state index contributed by atoms with van der Waals surface area (Å²) in [6.45, 7) is 1.26. The normalized spacial score (nSPS) is 11.9. The van der Waals surface area contributed by atoms with Crippen LogP contribution in [0.15, 0.2) is 0 Å². The van der Waals surface area contributed by atoms with Crippen molar-refractivity contribution in [1.82, 2.24) is 5.32 Å². The van der Waals surface area contributed by atoms with Crippen LogP contribution < -0.4 is 5.32 Å². The number of nitrogens with one attached hydrogen (secondary N) is 1. The lowest BCUT2D eigenvalue weighted by molar-refractivity contribution is -0.141. The molecule has 0 aliphatic heterocycles. The van der Waals surface area contributed by atoms with Crippen LogP contribution in [0.2, 0.25) is 0 Å². The first-order chi connectivity index (χ1) is 5.61. The summed E-state index contributed by atoms with van der Waals surface area (Å²) < 4.78 is 16.8. The van der Waals surface area contributed by atoms with E-state index >= 15 is 0 Å². The topological polar surface area (TPSA) is 55.4 Å². The van der Waals surface area contributed by atoms with Crippen LogP contribution in [-0.2, 0) is 14.3 Å². The van der Waals surface area contributed by atoms with Gasteiger partial charge in [0.05, 0.1) is 7.11 Å². The Balaban J connectivity index is 3.64. The van der Waals surface area contributed by atoms with Gasteiger partial charge in [-0.15, -0.1) is 0 Å². The second-order valence-electron chi connectivity index (χ2n) is 2.17. The van der Waals surface area contributed by atoms with E-state index in [0.717, 1.165) is 0 Å². The maximum atomic E-state index is 12.5. The smallest absolute Gasteiger partial charge is 0.325 e. The van der Waals surface area contributed by atoms with Crippen LogP contribution in [0.4, 0.5) is 4.39 Å². The Morgan fingerprint density at radius 2 is 2.17 bits per heavy atom. The fraction of sp³-hybridized carbons (Fsp3) is 0.714. The number of hydrogen-bond acceptors (Lipinski definition) is 3. The third kappa shape index (κ3) is 3.90. The lowest BCUT2D eigenvalue weighted by atomic mass is 10.3. The number of halogens is 1. The molecule has 1 unspecified atom stereocenters. The van der Waals surface area contributed by atoms with Crippen LogP contribution in [0, 0.1) is 0 Å². The number of methoxy groups -OCH3 is 1. The summed E-state index contributed by atoms with van der Waals surface area (Å²) in [5, 5.41) is 2.10. The molecule has 0 heterocycles. The minimum Gasteiger partial charge on any atom is -0.468 e. The molecule has 0 aromatic carbocycles. The summed E-state index contributed by atoms with van der Waals surface area (Å²) in [5.41, 5.74) is 0. The maximum Gasteiger partial charge on any atom is 0.325 e. The van der Waals surface area contributed by atoms with Crippen molar-refractivity contribution in [2.24, 2.45) is 0 Å². The first kappa shape index (κ1) is 10.9. The average molecular weight is 177 g/mol. The molecule has 0 bridgehead atoms. The Labute approximate surface area is 70.1 Å². The van der Waals surface area contributed by atoms with Gasteiger partial charge in [0.1, 0.15) is 6.54 Å². The molecule has 0 aromatic rings. The van der Waals surface area contributed by atoms with Crippen molar-refractivity contribution in [2.75, 3.05) is 13.7 Å².